The number of hydrogen-bond acceptors (Lipinski definition) is 8. The molecule has 0 aliphatic carbocycles. The van der Waals surface area contributed by atoms with Crippen molar-refractivity contribution in [2.24, 2.45) is 0 Å². The fourth-order valence-electron chi connectivity index (χ4n) is 4.11. The van der Waals surface area contributed by atoms with Gasteiger partial charge in [-0.3, -0.25) is 9.08 Å². The third-order valence-electron chi connectivity index (χ3n) is 6.06. The number of aliphatic hydroxyl groups is 1. The van der Waals surface area contributed by atoms with E-state index in [0.29, 0.717) is 29.0 Å². The van der Waals surface area contributed by atoms with Crippen molar-refractivity contribution >= 4 is 21.0 Å². The second-order valence-corrected chi connectivity index (χ2v) is 10.7. The van der Waals surface area contributed by atoms with E-state index in [1.807, 2.05) is 0 Å². The molecule has 0 unspecified atom stereocenters. The van der Waals surface area contributed by atoms with Gasteiger partial charge in [0.2, 0.25) is 0 Å². The maximum atomic E-state index is 14.3. The summed E-state index contributed by atoms with van der Waals surface area (Å²) in [6.45, 7) is -0.193. The molecule has 4 aromatic rings. The fraction of sp³-hybridized carbons (Fsp3) is 0.250. The van der Waals surface area contributed by atoms with Crippen molar-refractivity contribution in [1.29, 1.82) is 0 Å². The number of phenolic OH excluding ortho intramolecular Hbond substituents is 1. The Hall–Kier alpha value is -4.00. The molecule has 0 aliphatic heterocycles. The zero-order valence-electron chi connectivity index (χ0n) is 21.5. The lowest BCUT2D eigenvalue weighted by atomic mass is 10.0. The van der Waals surface area contributed by atoms with E-state index in [9.17, 15) is 32.2 Å². The van der Waals surface area contributed by atoms with Crippen LogP contribution in [-0.4, -0.2) is 49.3 Å². The molecule has 4 rings (SSSR count). The van der Waals surface area contributed by atoms with Crippen molar-refractivity contribution in [1.82, 2.24) is 10.0 Å². The number of aromatic nitrogens is 1. The van der Waals surface area contributed by atoms with E-state index in [1.54, 1.807) is 42.5 Å². The Morgan fingerprint density at radius 2 is 1.70 bits per heavy atom. The Balaban J connectivity index is 1.33. The second-order valence-electron chi connectivity index (χ2n) is 9.15. The Labute approximate surface area is 229 Å². The summed E-state index contributed by atoms with van der Waals surface area (Å²) in [4.78, 5) is 12.2. The number of aliphatic hydroxyl groups excluding tert-OH is 1. The Morgan fingerprint density at radius 1 is 1.00 bits per heavy atom. The molecule has 212 valence electrons. The Morgan fingerprint density at radius 3 is 2.38 bits per heavy atom. The number of aromatic hydroxyl groups is 1. The molecular weight excluding hydrogens is 546 g/mol. The number of pyridine rings is 1. The summed E-state index contributed by atoms with van der Waals surface area (Å²) in [6, 6.07) is 19.4. The number of ether oxygens (including phenoxy) is 1. The highest BCUT2D eigenvalue weighted by molar-refractivity contribution is 7.86. The van der Waals surface area contributed by atoms with Crippen molar-refractivity contribution in [3.05, 3.63) is 106 Å². The third-order valence-corrected chi connectivity index (χ3v) is 6.48. The van der Waals surface area contributed by atoms with E-state index in [0.717, 1.165) is 17.9 Å². The highest BCUT2D eigenvalue weighted by Gasteiger charge is 2.32. The largest absolute Gasteiger partial charge is 0.506 e. The van der Waals surface area contributed by atoms with Crippen LogP contribution in [0.15, 0.2) is 83.7 Å². The standard InChI is InChI=1S/C28H28F2N2O7S/c1-40(36,37)39-32-26(35)14-12-23-22(11-13-24(33)27(23)32)25(34)17-31-16-15-19-7-9-21(10-8-19)38-18-28(29,30)20-5-3-2-4-6-20/h2-14,25,31,33-34H,15-18H2,1H3/t25-/m0/s1. The van der Waals surface area contributed by atoms with Gasteiger partial charge in [-0.2, -0.15) is 17.2 Å². The average Bonchev–Trinajstić information content (AvgIpc) is 2.92. The molecule has 3 aromatic carbocycles. The minimum atomic E-state index is -4.07. The molecule has 1 heterocycles. The molecule has 0 fully saturated rings. The van der Waals surface area contributed by atoms with E-state index in [1.165, 1.54) is 30.3 Å². The van der Waals surface area contributed by atoms with Gasteiger partial charge in [-0.25, -0.2) is 0 Å². The first-order valence-corrected chi connectivity index (χ1v) is 14.1. The molecule has 9 nitrogen and oxygen atoms in total. The van der Waals surface area contributed by atoms with Gasteiger partial charge >= 0.3 is 16.0 Å². The summed E-state index contributed by atoms with van der Waals surface area (Å²) in [5, 5.41) is 24.4. The molecule has 1 atom stereocenters. The lowest BCUT2D eigenvalue weighted by Gasteiger charge is -2.18. The zero-order chi connectivity index (χ0) is 28.9. The molecule has 3 N–H and O–H groups in total. The van der Waals surface area contributed by atoms with Crippen molar-refractivity contribution in [3.8, 4) is 11.5 Å². The maximum absolute atomic E-state index is 14.3. The van der Waals surface area contributed by atoms with Crippen LogP contribution in [-0.2, 0) is 22.5 Å². The number of benzene rings is 3. The predicted molar refractivity (Wildman–Crippen MR) is 145 cm³/mol. The van der Waals surface area contributed by atoms with Gasteiger partial charge in [-0.15, -0.1) is 4.73 Å². The van der Waals surface area contributed by atoms with Crippen LogP contribution in [0.25, 0.3) is 10.9 Å². The molecule has 0 radical (unpaired) electrons. The van der Waals surface area contributed by atoms with E-state index < -0.39 is 40.1 Å². The molecule has 12 heteroatoms. The molecule has 0 amide bonds. The van der Waals surface area contributed by atoms with E-state index in [-0.39, 0.29) is 23.0 Å². The van der Waals surface area contributed by atoms with Crippen molar-refractivity contribution in [2.45, 2.75) is 18.4 Å². The summed E-state index contributed by atoms with van der Waals surface area (Å²) in [6.07, 6.45) is 0.281. The minimum Gasteiger partial charge on any atom is -0.506 e. The second kappa shape index (κ2) is 12.0. The van der Waals surface area contributed by atoms with Crippen LogP contribution in [0.5, 0.6) is 11.5 Å². The van der Waals surface area contributed by atoms with Gasteiger partial charge in [0.05, 0.1) is 12.4 Å². The number of alkyl halides is 2. The molecule has 0 aliphatic rings. The Bertz CT molecular complexity index is 1630. The lowest BCUT2D eigenvalue weighted by molar-refractivity contribution is -0.0467. The number of nitrogens with zero attached hydrogens (tertiary/aromatic N) is 1. The first-order chi connectivity index (χ1) is 18.9. The normalized spacial score (nSPS) is 12.8. The van der Waals surface area contributed by atoms with E-state index in [4.69, 9.17) is 9.02 Å². The minimum absolute atomic E-state index is 0.113. The number of nitrogens with one attached hydrogen (secondary N) is 1. The van der Waals surface area contributed by atoms with E-state index >= 15 is 0 Å². The molecule has 0 saturated heterocycles. The van der Waals surface area contributed by atoms with Crippen LogP contribution in [0.3, 0.4) is 0 Å². The van der Waals surface area contributed by atoms with Gasteiger partial charge in [0.1, 0.15) is 17.0 Å². The zero-order valence-corrected chi connectivity index (χ0v) is 22.3. The molecule has 0 spiro atoms. The van der Waals surface area contributed by atoms with Crippen molar-refractivity contribution in [3.63, 3.8) is 0 Å². The summed E-state index contributed by atoms with van der Waals surface area (Å²) in [5.74, 6) is -3.19. The van der Waals surface area contributed by atoms with E-state index in [2.05, 4.69) is 5.32 Å². The monoisotopic (exact) mass is 574 g/mol. The van der Waals surface area contributed by atoms with Crippen LogP contribution in [0, 0.1) is 0 Å². The van der Waals surface area contributed by atoms with Crippen LogP contribution >= 0.6 is 0 Å². The number of halogens is 2. The topological polar surface area (TPSA) is 127 Å². The number of phenols is 1. The summed E-state index contributed by atoms with van der Waals surface area (Å²) in [7, 11) is -4.07. The van der Waals surface area contributed by atoms with Gasteiger partial charge in [-0.05, 0) is 48.4 Å². The average molecular weight is 575 g/mol. The SMILES string of the molecule is CS(=O)(=O)On1c(=O)ccc2c([C@@H](O)CNCCc3ccc(OCC(F)(F)c4ccccc4)cc3)ccc(O)c21. The first-order valence-electron chi connectivity index (χ1n) is 12.3. The highest BCUT2D eigenvalue weighted by atomic mass is 32.2. The summed E-state index contributed by atoms with van der Waals surface area (Å²) in [5.41, 5.74) is 0.163. The van der Waals surface area contributed by atoms with Crippen LogP contribution in [0.1, 0.15) is 22.8 Å². The Kier molecular flexibility index (Phi) is 8.72. The fourth-order valence-corrected chi connectivity index (χ4v) is 4.53. The first kappa shape index (κ1) is 29.0. The maximum Gasteiger partial charge on any atom is 0.324 e. The summed E-state index contributed by atoms with van der Waals surface area (Å²) >= 11 is 0. The number of hydrogen-bond donors (Lipinski definition) is 3. The molecule has 0 bridgehead atoms. The lowest BCUT2D eigenvalue weighted by Crippen LogP contribution is -2.30. The molecule has 40 heavy (non-hydrogen) atoms. The molecule has 0 saturated carbocycles. The van der Waals surface area contributed by atoms with Crippen LogP contribution in [0.4, 0.5) is 8.78 Å². The van der Waals surface area contributed by atoms with Gasteiger partial charge < -0.3 is 20.3 Å². The summed E-state index contributed by atoms with van der Waals surface area (Å²) < 4.78 is 62.3. The van der Waals surface area contributed by atoms with Crippen LogP contribution in [0.2, 0.25) is 0 Å². The van der Waals surface area contributed by atoms with Gasteiger partial charge in [-0.1, -0.05) is 48.5 Å². The third kappa shape index (κ3) is 7.14. The quantitative estimate of drug-likeness (QED) is 0.220. The molecular formula is C28H28F2N2O7S. The smallest absolute Gasteiger partial charge is 0.324 e. The number of fused-ring (bicyclic) bond motifs is 1. The van der Waals surface area contributed by atoms with Crippen molar-refractivity contribution < 1.29 is 36.4 Å². The van der Waals surface area contributed by atoms with Gasteiger partial charge in [0, 0.05) is 23.6 Å². The highest BCUT2D eigenvalue weighted by Crippen LogP contribution is 2.30. The number of rotatable bonds is 12. The van der Waals surface area contributed by atoms with Gasteiger partial charge in [0.15, 0.2) is 6.61 Å². The molecule has 1 aromatic heterocycles. The predicted octanol–water partition coefficient (Wildman–Crippen LogP) is 3.13. The van der Waals surface area contributed by atoms with Crippen LogP contribution < -0.4 is 19.9 Å². The van der Waals surface area contributed by atoms with Crippen molar-refractivity contribution in [2.75, 3.05) is 26.0 Å². The van der Waals surface area contributed by atoms with Gasteiger partial charge in [0.25, 0.3) is 5.56 Å².